The summed E-state index contributed by atoms with van der Waals surface area (Å²) in [7, 11) is 0. The minimum atomic E-state index is -0.674. The second kappa shape index (κ2) is 11.7. The van der Waals surface area contributed by atoms with Crippen molar-refractivity contribution in [1.29, 1.82) is 0 Å². The molecule has 1 aliphatic carbocycles. The van der Waals surface area contributed by atoms with Crippen LogP contribution in [0.25, 0.3) is 0 Å². The summed E-state index contributed by atoms with van der Waals surface area (Å²) < 4.78 is 8.19. The van der Waals surface area contributed by atoms with Crippen molar-refractivity contribution in [3.05, 3.63) is 120 Å². The van der Waals surface area contributed by atoms with E-state index in [2.05, 4.69) is 120 Å². The van der Waals surface area contributed by atoms with Gasteiger partial charge in [0, 0.05) is 27.5 Å². The van der Waals surface area contributed by atoms with Gasteiger partial charge >= 0.3 is 0 Å². The highest BCUT2D eigenvalue weighted by Crippen LogP contribution is 2.43. The summed E-state index contributed by atoms with van der Waals surface area (Å²) in [6.45, 7) is 0. The van der Waals surface area contributed by atoms with Gasteiger partial charge in [0.2, 0.25) is 0 Å². The van der Waals surface area contributed by atoms with Crippen molar-refractivity contribution in [3.8, 4) is 0 Å². The third kappa shape index (κ3) is 5.46. The summed E-state index contributed by atoms with van der Waals surface area (Å²) >= 11 is 2.44. The van der Waals surface area contributed by atoms with E-state index in [9.17, 15) is 0 Å². The fraction of sp³-hybridized carbons (Fsp3) is 0.333. The highest BCUT2D eigenvalue weighted by Gasteiger charge is 2.39. The van der Waals surface area contributed by atoms with Crippen molar-refractivity contribution in [2.24, 2.45) is 5.92 Å². The van der Waals surface area contributed by atoms with Crippen molar-refractivity contribution in [1.82, 2.24) is 0 Å². The third-order valence-corrected chi connectivity index (χ3v) is 7.03. The molecule has 1 saturated carbocycles. The lowest BCUT2D eigenvalue weighted by Crippen LogP contribution is -2.33. The molecule has 3 aromatic rings. The van der Waals surface area contributed by atoms with Crippen LogP contribution in [0.15, 0.2) is 103 Å². The second-order valence-corrected chi connectivity index (χ2v) is 9.65. The molecular weight excluding hydrogens is 503 g/mol. The molecule has 0 spiro atoms. The van der Waals surface area contributed by atoms with Crippen LogP contribution in [0.4, 0.5) is 0 Å². The van der Waals surface area contributed by atoms with E-state index in [4.69, 9.17) is 4.74 Å². The Bertz CT molecular complexity index is 861. The first-order valence-corrected chi connectivity index (χ1v) is 13.5. The Morgan fingerprint density at radius 2 is 1.16 bits per heavy atom. The van der Waals surface area contributed by atoms with Gasteiger partial charge in [-0.05, 0) is 12.0 Å². The molecule has 0 amide bonds. The Labute approximate surface area is 207 Å². The van der Waals surface area contributed by atoms with Crippen LogP contribution in [0.3, 0.4) is 0 Å². The van der Waals surface area contributed by atoms with Gasteiger partial charge in [-0.1, -0.05) is 152 Å². The molecule has 1 fully saturated rings. The van der Waals surface area contributed by atoms with E-state index >= 15 is 0 Å². The first kappa shape index (κ1) is 23.1. The Kier molecular flexibility index (Phi) is 8.44. The maximum absolute atomic E-state index is 7.24. The van der Waals surface area contributed by atoms with Gasteiger partial charge in [-0.25, -0.2) is 0 Å². The average Bonchev–Trinajstić information content (AvgIpc) is 3.13. The molecule has 0 bridgehead atoms. The Morgan fingerprint density at radius 3 is 1.56 bits per heavy atom. The number of benzene rings is 3. The lowest BCUT2D eigenvalue weighted by atomic mass is 9.80. The van der Waals surface area contributed by atoms with Crippen LogP contribution in [0.1, 0.15) is 61.6 Å². The van der Waals surface area contributed by atoms with Crippen molar-refractivity contribution in [2.45, 2.75) is 50.5 Å². The molecule has 166 valence electrons. The Balaban J connectivity index is 1.81. The zero-order chi connectivity index (χ0) is 22.1. The number of ether oxygens (including phenoxy) is 1. The molecule has 32 heavy (non-hydrogen) atoms. The molecule has 1 aliphatic rings. The van der Waals surface area contributed by atoms with Crippen molar-refractivity contribution < 1.29 is 4.74 Å². The van der Waals surface area contributed by atoms with E-state index in [1.165, 1.54) is 38.5 Å². The standard InChI is InChI=1S/C30H33IO/c31-23-22-29(24-25-14-6-1-2-7-15-25)32-30(26-16-8-3-9-17-26,27-18-10-4-11-19-27)28-20-12-5-13-21-28/h3-5,8-13,16-22,25H,1-2,6-7,14-15,23-24H2. The molecular formula is C30H33IO. The van der Waals surface area contributed by atoms with Crippen molar-refractivity contribution in [3.63, 3.8) is 0 Å². The predicted octanol–water partition coefficient (Wildman–Crippen LogP) is 8.67. The van der Waals surface area contributed by atoms with Crippen molar-refractivity contribution >= 4 is 22.6 Å². The SMILES string of the molecule is ICC=C(CC1CCCCCC1)OC(c1ccccc1)(c1ccccc1)c1ccccc1. The zero-order valence-corrected chi connectivity index (χ0v) is 20.9. The maximum atomic E-state index is 7.24. The molecule has 0 heterocycles. The summed E-state index contributed by atoms with van der Waals surface area (Å²) in [4.78, 5) is 0. The minimum absolute atomic E-state index is 0.674. The largest absolute Gasteiger partial charge is 0.478 e. The molecule has 0 aliphatic heterocycles. The maximum Gasteiger partial charge on any atom is 0.184 e. The van der Waals surface area contributed by atoms with Gasteiger partial charge in [0.15, 0.2) is 5.60 Å². The smallest absolute Gasteiger partial charge is 0.184 e. The zero-order valence-electron chi connectivity index (χ0n) is 18.8. The van der Waals surface area contributed by atoms with E-state index < -0.39 is 5.60 Å². The summed E-state index contributed by atoms with van der Waals surface area (Å²) in [6.07, 6.45) is 11.4. The monoisotopic (exact) mass is 536 g/mol. The third-order valence-electron chi connectivity index (χ3n) is 6.59. The number of halogens is 1. The van der Waals surface area contributed by atoms with Crippen LogP contribution >= 0.6 is 22.6 Å². The van der Waals surface area contributed by atoms with Crippen LogP contribution in [0.5, 0.6) is 0 Å². The summed E-state index contributed by atoms with van der Waals surface area (Å²) in [5, 5.41) is 0. The van der Waals surface area contributed by atoms with Gasteiger partial charge < -0.3 is 4.74 Å². The lowest BCUT2D eigenvalue weighted by Gasteiger charge is -2.38. The molecule has 0 N–H and O–H groups in total. The summed E-state index contributed by atoms with van der Waals surface area (Å²) in [5.74, 6) is 1.84. The molecule has 0 unspecified atom stereocenters. The number of rotatable bonds is 8. The van der Waals surface area contributed by atoms with E-state index in [0.717, 1.165) is 33.3 Å². The highest BCUT2D eigenvalue weighted by molar-refractivity contribution is 14.1. The van der Waals surface area contributed by atoms with Gasteiger partial charge in [0.1, 0.15) is 0 Å². The molecule has 0 atom stereocenters. The van der Waals surface area contributed by atoms with Crippen LogP contribution in [-0.2, 0) is 10.3 Å². The molecule has 0 aromatic heterocycles. The normalized spacial score (nSPS) is 15.8. The number of alkyl halides is 1. The number of allylic oxidation sites excluding steroid dienone is 2. The Morgan fingerprint density at radius 1 is 0.719 bits per heavy atom. The second-order valence-electron chi connectivity index (χ2n) is 8.77. The lowest BCUT2D eigenvalue weighted by molar-refractivity contribution is 0.0597. The highest BCUT2D eigenvalue weighted by atomic mass is 127. The van der Waals surface area contributed by atoms with Crippen LogP contribution < -0.4 is 0 Å². The molecule has 1 nitrogen and oxygen atoms in total. The van der Waals surface area contributed by atoms with Crippen LogP contribution in [0.2, 0.25) is 0 Å². The molecule has 0 saturated heterocycles. The van der Waals surface area contributed by atoms with Gasteiger partial charge in [-0.3, -0.25) is 0 Å². The van der Waals surface area contributed by atoms with Gasteiger partial charge in [0.05, 0.1) is 5.76 Å². The minimum Gasteiger partial charge on any atom is -0.478 e. The van der Waals surface area contributed by atoms with E-state index in [-0.39, 0.29) is 0 Å². The van der Waals surface area contributed by atoms with Crippen LogP contribution in [-0.4, -0.2) is 4.43 Å². The topological polar surface area (TPSA) is 9.23 Å². The van der Waals surface area contributed by atoms with Gasteiger partial charge in [-0.15, -0.1) is 0 Å². The summed E-state index contributed by atoms with van der Waals surface area (Å²) in [5.41, 5.74) is 2.82. The van der Waals surface area contributed by atoms with Crippen molar-refractivity contribution in [2.75, 3.05) is 4.43 Å². The van der Waals surface area contributed by atoms with E-state index in [1.54, 1.807) is 0 Å². The van der Waals surface area contributed by atoms with E-state index in [0.29, 0.717) is 5.92 Å². The molecule has 2 heteroatoms. The first-order valence-electron chi connectivity index (χ1n) is 11.9. The molecule has 4 rings (SSSR count). The van der Waals surface area contributed by atoms with Crippen LogP contribution in [0, 0.1) is 5.92 Å². The number of hydrogen-bond donors (Lipinski definition) is 0. The van der Waals surface area contributed by atoms with Gasteiger partial charge in [-0.2, -0.15) is 0 Å². The molecule has 0 radical (unpaired) electrons. The first-order chi connectivity index (χ1) is 15.8. The fourth-order valence-electron chi connectivity index (χ4n) is 5.00. The summed E-state index contributed by atoms with van der Waals surface area (Å²) in [6, 6.07) is 32.2. The average molecular weight is 536 g/mol. The van der Waals surface area contributed by atoms with Gasteiger partial charge in [0.25, 0.3) is 0 Å². The quantitative estimate of drug-likeness (QED) is 0.0920. The predicted molar refractivity (Wildman–Crippen MR) is 143 cm³/mol. The number of hydrogen-bond acceptors (Lipinski definition) is 1. The molecule has 3 aromatic carbocycles. The Hall–Kier alpha value is -2.07. The fourth-order valence-corrected chi connectivity index (χ4v) is 5.49. The van der Waals surface area contributed by atoms with E-state index in [1.807, 2.05) is 0 Å².